The van der Waals surface area contributed by atoms with Crippen molar-refractivity contribution < 1.29 is 59.0 Å². The maximum Gasteiger partial charge on any atom is 1.00 e. The summed E-state index contributed by atoms with van der Waals surface area (Å²) in [6, 6.07) is 0. The topological polar surface area (TPSA) is 36.9 Å². The number of ether oxygens (including phenoxy) is 4. The maximum absolute atomic E-state index is 6.15. The molecule has 0 unspecified atom stereocenters. The van der Waals surface area contributed by atoms with Crippen molar-refractivity contribution in [3.63, 3.8) is 0 Å². The molecule has 2 fully saturated rings. The largest absolute Gasteiger partial charge is 1.00 e. The van der Waals surface area contributed by atoms with Crippen molar-refractivity contribution in [3.8, 4) is 0 Å². The molecule has 6 heteroatoms. The van der Waals surface area contributed by atoms with Gasteiger partial charge in [0.05, 0.1) is 24.4 Å². The summed E-state index contributed by atoms with van der Waals surface area (Å²) < 4.78 is 24.0. The zero-order chi connectivity index (χ0) is 17.1. The minimum absolute atomic E-state index is 0. The normalized spacial score (nSPS) is 33.8. The molecule has 2 saturated heterocycles. The van der Waals surface area contributed by atoms with Gasteiger partial charge in [-0.2, -0.15) is 0 Å². The summed E-state index contributed by atoms with van der Waals surface area (Å²) in [4.78, 5) is 0. The molecule has 144 valence electrons. The Balaban J connectivity index is 0.00000288. The number of unbranched alkanes of at least 4 members (excludes halogenated alkanes) is 2. The molecule has 2 aliphatic heterocycles. The predicted molar refractivity (Wildman–Crippen MR) is 91.0 cm³/mol. The first kappa shape index (κ1) is 26.1. The van der Waals surface area contributed by atoms with E-state index in [9.17, 15) is 0 Å². The van der Waals surface area contributed by atoms with Gasteiger partial charge in [-0.1, -0.05) is 26.2 Å². The molecule has 0 N–H and O–H groups in total. The fourth-order valence-electron chi connectivity index (χ4n) is 3.82. The molecule has 0 aliphatic carbocycles. The van der Waals surface area contributed by atoms with E-state index in [4.69, 9.17) is 18.9 Å². The van der Waals surface area contributed by atoms with Crippen LogP contribution in [-0.2, 0) is 46.6 Å². The van der Waals surface area contributed by atoms with E-state index < -0.39 is 11.6 Å². The van der Waals surface area contributed by atoms with Crippen LogP contribution < -0.4 is 12.4 Å². The van der Waals surface area contributed by atoms with E-state index in [1.54, 1.807) is 0 Å². The van der Waals surface area contributed by atoms with Crippen molar-refractivity contribution in [1.82, 2.24) is 0 Å². The molecule has 0 aromatic rings. The van der Waals surface area contributed by atoms with Crippen molar-refractivity contribution in [2.45, 2.75) is 116 Å². The van der Waals surface area contributed by atoms with Crippen LogP contribution in [0.1, 0.15) is 79.6 Å². The molecule has 4 atom stereocenters. The molecule has 2 radical (unpaired) electrons. The number of rotatable bonds is 6. The summed E-state index contributed by atoms with van der Waals surface area (Å²) in [6.45, 7) is 14.2. The van der Waals surface area contributed by atoms with Gasteiger partial charge < -0.3 is 31.4 Å². The first-order chi connectivity index (χ1) is 10.7. The standard InChI is InChI=1S/C19H35O4.ClH.Hg/c1-7-8-9-10-15-12-17(23-19(5,6)21-15)13-16-11-14(2)20-18(3,4)22-16;;/h14-17H,2,7-13H2,1,3-6H3;1H;/q;;+1/p-1/t14-,15+,16-,17+;;/m1../s1. The summed E-state index contributed by atoms with van der Waals surface area (Å²) in [5.41, 5.74) is 0. The van der Waals surface area contributed by atoms with Gasteiger partial charge in [0.25, 0.3) is 0 Å². The van der Waals surface area contributed by atoms with Crippen molar-refractivity contribution in [1.29, 1.82) is 0 Å². The second kappa shape index (κ2) is 11.2. The average molecular weight is 564 g/mol. The second-order valence-electron chi connectivity index (χ2n) is 7.96. The van der Waals surface area contributed by atoms with E-state index in [2.05, 4.69) is 13.8 Å². The third-order valence-corrected chi connectivity index (χ3v) is 4.51. The van der Waals surface area contributed by atoms with E-state index in [1.807, 2.05) is 27.7 Å². The molecule has 0 saturated carbocycles. The van der Waals surface area contributed by atoms with Gasteiger partial charge in [0, 0.05) is 19.3 Å². The zero-order valence-electron chi connectivity index (χ0n) is 16.7. The zero-order valence-corrected chi connectivity index (χ0v) is 22.9. The van der Waals surface area contributed by atoms with Crippen LogP contribution in [0.2, 0.25) is 0 Å². The predicted octanol–water partition coefficient (Wildman–Crippen LogP) is 1.61. The molecule has 0 aromatic heterocycles. The Labute approximate surface area is 181 Å². The quantitative estimate of drug-likeness (QED) is 0.364. The molecule has 2 rings (SSSR count). The average Bonchev–Trinajstić information content (AvgIpc) is 2.34. The Kier molecular flexibility index (Phi) is 11.6. The van der Waals surface area contributed by atoms with Crippen molar-refractivity contribution in [2.24, 2.45) is 0 Å². The summed E-state index contributed by atoms with van der Waals surface area (Å²) in [5, 5.41) is 0. The molecular formula is C19H35ClHgO4. The van der Waals surface area contributed by atoms with Gasteiger partial charge in [0.15, 0.2) is 11.6 Å². The molecule has 25 heavy (non-hydrogen) atoms. The molecular weight excluding hydrogens is 528 g/mol. The molecule has 0 bridgehead atoms. The van der Waals surface area contributed by atoms with Gasteiger partial charge in [0.2, 0.25) is 0 Å². The summed E-state index contributed by atoms with van der Waals surface area (Å²) in [6.07, 6.45) is 8.11. The van der Waals surface area contributed by atoms with Gasteiger partial charge >= 0.3 is 27.7 Å². The summed E-state index contributed by atoms with van der Waals surface area (Å²) >= 11 is 0. The fourth-order valence-corrected chi connectivity index (χ4v) is 3.82. The van der Waals surface area contributed by atoms with Crippen LogP contribution in [0.15, 0.2) is 0 Å². The molecule has 0 spiro atoms. The van der Waals surface area contributed by atoms with Crippen LogP contribution in [0.5, 0.6) is 0 Å². The maximum atomic E-state index is 6.15. The van der Waals surface area contributed by atoms with Gasteiger partial charge in [-0.3, -0.25) is 0 Å². The van der Waals surface area contributed by atoms with E-state index >= 15 is 0 Å². The SMILES string of the molecule is [CH2][C@@H]1C[C@H](C[C@@H]2C[C@H](CCCCC)OC(C)(C)O2)OC(C)(C)O1.[Cl-].[Hg+]. The van der Waals surface area contributed by atoms with Crippen molar-refractivity contribution >= 4 is 0 Å². The van der Waals surface area contributed by atoms with E-state index in [0.29, 0.717) is 6.10 Å². The van der Waals surface area contributed by atoms with Crippen LogP contribution in [0.3, 0.4) is 0 Å². The minimum atomic E-state index is -0.559. The number of hydrogen-bond donors (Lipinski definition) is 0. The minimum Gasteiger partial charge on any atom is -1.00 e. The van der Waals surface area contributed by atoms with Gasteiger partial charge in [-0.15, -0.1) is 0 Å². The van der Waals surface area contributed by atoms with Gasteiger partial charge in [-0.05, 0) is 41.0 Å². The molecule has 2 heterocycles. The Morgan fingerprint density at radius 3 is 1.92 bits per heavy atom. The van der Waals surface area contributed by atoms with Crippen LogP contribution >= 0.6 is 0 Å². The molecule has 0 aromatic carbocycles. The number of hydrogen-bond acceptors (Lipinski definition) is 4. The van der Waals surface area contributed by atoms with Gasteiger partial charge in [0.1, 0.15) is 0 Å². The van der Waals surface area contributed by atoms with Crippen molar-refractivity contribution in [2.75, 3.05) is 0 Å². The van der Waals surface area contributed by atoms with E-state index in [1.165, 1.54) is 19.3 Å². The van der Waals surface area contributed by atoms with Gasteiger partial charge in [-0.25, -0.2) is 0 Å². The number of halogens is 1. The van der Waals surface area contributed by atoms with Crippen LogP contribution in [0.25, 0.3) is 0 Å². The van der Waals surface area contributed by atoms with Crippen molar-refractivity contribution in [3.05, 3.63) is 6.92 Å². The van der Waals surface area contributed by atoms with E-state index in [-0.39, 0.29) is 58.4 Å². The van der Waals surface area contributed by atoms with Crippen LogP contribution in [0, 0.1) is 6.92 Å². The Morgan fingerprint density at radius 2 is 1.36 bits per heavy atom. The first-order valence-electron chi connectivity index (χ1n) is 9.23. The third kappa shape index (κ3) is 9.20. The van der Waals surface area contributed by atoms with E-state index in [0.717, 1.165) is 25.7 Å². The first-order valence-corrected chi connectivity index (χ1v) is 9.23. The summed E-state index contributed by atoms with van der Waals surface area (Å²) in [7, 11) is 0. The molecule has 0 amide bonds. The summed E-state index contributed by atoms with van der Waals surface area (Å²) in [5.74, 6) is -1.07. The second-order valence-corrected chi connectivity index (χ2v) is 7.96. The molecule has 2 aliphatic rings. The molecule has 4 nitrogen and oxygen atoms in total. The van der Waals surface area contributed by atoms with Crippen LogP contribution in [0.4, 0.5) is 0 Å². The third-order valence-electron chi connectivity index (χ3n) is 4.51. The monoisotopic (exact) mass is 564 g/mol. The Morgan fingerprint density at radius 1 is 0.840 bits per heavy atom. The fraction of sp³-hybridized carbons (Fsp3) is 0.947. The van der Waals surface area contributed by atoms with Crippen LogP contribution in [-0.4, -0.2) is 36.0 Å². The Hall–Kier alpha value is 1.07. The smallest absolute Gasteiger partial charge is 1.00 e. The Bertz CT molecular complexity index is 378.